The van der Waals surface area contributed by atoms with E-state index in [9.17, 15) is 9.18 Å². The Morgan fingerprint density at radius 2 is 1.83 bits per heavy atom. The van der Waals surface area contributed by atoms with Crippen LogP contribution in [0.25, 0.3) is 22.2 Å². The van der Waals surface area contributed by atoms with E-state index in [2.05, 4.69) is 24.0 Å². The fraction of sp³-hybridized carbons (Fsp3) is 0.316. The highest BCUT2D eigenvalue weighted by Crippen LogP contribution is 2.42. The van der Waals surface area contributed by atoms with Crippen molar-refractivity contribution in [2.75, 3.05) is 0 Å². The quantitative estimate of drug-likeness (QED) is 0.661. The van der Waals surface area contributed by atoms with Crippen molar-refractivity contribution in [1.29, 1.82) is 0 Å². The van der Waals surface area contributed by atoms with Crippen LogP contribution >= 0.6 is 0 Å². The zero-order valence-electron chi connectivity index (χ0n) is 13.8. The highest BCUT2D eigenvalue weighted by molar-refractivity contribution is 6.11. The van der Waals surface area contributed by atoms with Crippen molar-refractivity contribution >= 4 is 16.9 Å². The van der Waals surface area contributed by atoms with Gasteiger partial charge in [-0.2, -0.15) is 0 Å². The van der Waals surface area contributed by atoms with E-state index in [4.69, 9.17) is 4.52 Å². The predicted molar refractivity (Wildman–Crippen MR) is 88.4 cm³/mol. The number of ketones is 1. The normalized spacial score (nSPS) is 16.4. The van der Waals surface area contributed by atoms with Crippen molar-refractivity contribution in [3.63, 3.8) is 0 Å². The van der Waals surface area contributed by atoms with E-state index in [-0.39, 0.29) is 17.0 Å². The van der Waals surface area contributed by atoms with E-state index in [0.29, 0.717) is 29.8 Å². The van der Waals surface area contributed by atoms with Gasteiger partial charge in [0.25, 0.3) is 5.71 Å². The maximum Gasteiger partial charge on any atom is 0.258 e. The van der Waals surface area contributed by atoms with E-state index in [1.807, 2.05) is 6.92 Å². The Kier molecular flexibility index (Phi) is 3.10. The number of carbonyl (C=O) groups excluding carboxylic acids is 1. The number of aryl methyl sites for hydroxylation is 1. The molecule has 0 saturated heterocycles. The van der Waals surface area contributed by atoms with Crippen molar-refractivity contribution in [1.82, 2.24) is 10.1 Å². The van der Waals surface area contributed by atoms with Crippen LogP contribution in [-0.2, 0) is 6.42 Å². The number of fused-ring (bicyclic) bond motifs is 2. The van der Waals surface area contributed by atoms with Gasteiger partial charge in [0.2, 0.25) is 0 Å². The van der Waals surface area contributed by atoms with Crippen LogP contribution in [0.2, 0.25) is 0 Å². The Bertz CT molecular complexity index is 971. The molecule has 2 aromatic heterocycles. The number of aromatic nitrogens is 2. The molecule has 0 fully saturated rings. The lowest BCUT2D eigenvalue weighted by Gasteiger charge is -2.30. The summed E-state index contributed by atoms with van der Waals surface area (Å²) in [4.78, 5) is 17.4. The van der Waals surface area contributed by atoms with Crippen molar-refractivity contribution in [3.05, 3.63) is 47.0 Å². The van der Waals surface area contributed by atoms with Gasteiger partial charge in [-0.3, -0.25) is 4.79 Å². The van der Waals surface area contributed by atoms with Gasteiger partial charge < -0.3 is 4.52 Å². The second kappa shape index (κ2) is 4.97. The highest BCUT2D eigenvalue weighted by atomic mass is 19.1. The topological polar surface area (TPSA) is 56.0 Å². The van der Waals surface area contributed by atoms with Crippen LogP contribution in [-0.4, -0.2) is 15.9 Å². The van der Waals surface area contributed by atoms with E-state index < -0.39 is 0 Å². The van der Waals surface area contributed by atoms with Crippen LogP contribution in [0.4, 0.5) is 4.39 Å². The molecule has 0 spiro atoms. The number of Topliss-reactive ketones (excluding diaryl/α,β-unsaturated/α-hetero) is 1. The zero-order chi connectivity index (χ0) is 17.1. The minimum atomic E-state index is -0.313. The molecule has 0 bridgehead atoms. The summed E-state index contributed by atoms with van der Waals surface area (Å²) in [5.41, 5.74) is 3.86. The molecule has 0 amide bonds. The Morgan fingerprint density at radius 3 is 2.54 bits per heavy atom. The average Bonchev–Trinajstić information content (AvgIpc) is 2.86. The summed E-state index contributed by atoms with van der Waals surface area (Å²) < 4.78 is 18.7. The molecule has 1 aliphatic carbocycles. The minimum absolute atomic E-state index is 0.0653. The molecule has 1 aliphatic rings. The molecule has 2 heterocycles. The third-order valence-electron chi connectivity index (χ3n) is 4.57. The molecular weight excluding hydrogens is 307 g/mol. The second-order valence-electron chi connectivity index (χ2n) is 7.20. The van der Waals surface area contributed by atoms with E-state index in [0.717, 1.165) is 22.2 Å². The largest absolute Gasteiger partial charge is 0.336 e. The Balaban J connectivity index is 2.10. The first-order valence-electron chi connectivity index (χ1n) is 7.94. The molecule has 0 saturated carbocycles. The average molecular weight is 324 g/mol. The van der Waals surface area contributed by atoms with Gasteiger partial charge in [-0.05, 0) is 36.5 Å². The molecule has 0 unspecified atom stereocenters. The molecule has 0 atom stereocenters. The van der Waals surface area contributed by atoms with Crippen LogP contribution in [0.1, 0.15) is 42.0 Å². The summed E-state index contributed by atoms with van der Waals surface area (Å²) in [6.07, 6.45) is 1.16. The predicted octanol–water partition coefficient (Wildman–Crippen LogP) is 4.49. The third-order valence-corrected chi connectivity index (χ3v) is 4.57. The number of halogens is 1. The van der Waals surface area contributed by atoms with Gasteiger partial charge in [0.15, 0.2) is 5.78 Å². The van der Waals surface area contributed by atoms with Crippen LogP contribution in [0.3, 0.4) is 0 Å². The fourth-order valence-electron chi connectivity index (χ4n) is 3.54. The summed E-state index contributed by atoms with van der Waals surface area (Å²) in [7, 11) is 0. The lowest BCUT2D eigenvalue weighted by Crippen LogP contribution is -2.28. The first-order valence-corrected chi connectivity index (χ1v) is 7.94. The van der Waals surface area contributed by atoms with Crippen molar-refractivity contribution in [2.45, 2.75) is 33.6 Å². The molecule has 122 valence electrons. The van der Waals surface area contributed by atoms with Crippen LogP contribution < -0.4 is 0 Å². The molecule has 4 rings (SSSR count). The van der Waals surface area contributed by atoms with Gasteiger partial charge in [0.05, 0.1) is 16.8 Å². The van der Waals surface area contributed by atoms with Crippen molar-refractivity contribution < 1.29 is 13.7 Å². The van der Waals surface area contributed by atoms with E-state index >= 15 is 0 Å². The van der Waals surface area contributed by atoms with E-state index in [1.54, 1.807) is 12.1 Å². The smallest absolute Gasteiger partial charge is 0.258 e. The van der Waals surface area contributed by atoms with Gasteiger partial charge in [0, 0.05) is 17.5 Å². The lowest BCUT2D eigenvalue weighted by molar-refractivity contribution is 0.0911. The fourth-order valence-corrected chi connectivity index (χ4v) is 3.54. The van der Waals surface area contributed by atoms with Gasteiger partial charge in [-0.25, -0.2) is 9.37 Å². The summed E-state index contributed by atoms with van der Waals surface area (Å²) >= 11 is 0. The molecular formula is C19H17FN2O2. The molecule has 5 heteroatoms. The molecule has 3 aromatic rings. The maximum absolute atomic E-state index is 13.3. The number of pyridine rings is 1. The number of hydrogen-bond donors (Lipinski definition) is 0. The second-order valence-corrected chi connectivity index (χ2v) is 7.20. The Hall–Kier alpha value is -2.56. The number of benzene rings is 1. The lowest BCUT2D eigenvalue weighted by atomic mass is 9.73. The third kappa shape index (κ3) is 2.23. The standard InChI is InChI=1S/C19H17FN2O2/c1-10-15-16(11-4-6-12(20)7-5-11)17-13(21-18(15)24-22-10)8-19(2,3)9-14(17)23/h4-7H,8-9H2,1-3H3. The first kappa shape index (κ1) is 15.0. The Labute approximate surface area is 138 Å². The number of rotatable bonds is 1. The maximum atomic E-state index is 13.3. The molecule has 4 nitrogen and oxygen atoms in total. The Morgan fingerprint density at radius 1 is 1.12 bits per heavy atom. The summed E-state index contributed by atoms with van der Waals surface area (Å²) in [5, 5.41) is 4.74. The van der Waals surface area contributed by atoms with Crippen molar-refractivity contribution in [2.24, 2.45) is 5.41 Å². The minimum Gasteiger partial charge on any atom is -0.336 e. The number of nitrogens with zero attached hydrogens (tertiary/aromatic N) is 2. The summed E-state index contributed by atoms with van der Waals surface area (Å²) in [5.74, 6) is -0.247. The number of carbonyl (C=O) groups is 1. The van der Waals surface area contributed by atoms with Gasteiger partial charge >= 0.3 is 0 Å². The first-order chi connectivity index (χ1) is 11.4. The molecule has 1 aromatic carbocycles. The van der Waals surface area contributed by atoms with Crippen molar-refractivity contribution in [3.8, 4) is 11.1 Å². The van der Waals surface area contributed by atoms with Gasteiger partial charge in [-0.1, -0.05) is 31.1 Å². The van der Waals surface area contributed by atoms with E-state index in [1.165, 1.54) is 12.1 Å². The SMILES string of the molecule is Cc1noc2nc3c(c(-c4ccc(F)cc4)c12)C(=O)CC(C)(C)C3. The van der Waals surface area contributed by atoms with Gasteiger partial charge in [-0.15, -0.1) is 0 Å². The van der Waals surface area contributed by atoms with Crippen LogP contribution in [0, 0.1) is 18.2 Å². The summed E-state index contributed by atoms with van der Waals surface area (Å²) in [6, 6.07) is 6.16. The number of hydrogen-bond acceptors (Lipinski definition) is 4. The summed E-state index contributed by atoms with van der Waals surface area (Å²) in [6.45, 7) is 5.94. The highest BCUT2D eigenvalue weighted by Gasteiger charge is 2.35. The molecule has 0 aliphatic heterocycles. The zero-order valence-corrected chi connectivity index (χ0v) is 13.8. The molecule has 24 heavy (non-hydrogen) atoms. The molecule has 0 N–H and O–H groups in total. The monoisotopic (exact) mass is 324 g/mol. The van der Waals surface area contributed by atoms with Crippen LogP contribution in [0.5, 0.6) is 0 Å². The van der Waals surface area contributed by atoms with Gasteiger partial charge in [0.1, 0.15) is 5.82 Å². The molecule has 0 radical (unpaired) electrons. The van der Waals surface area contributed by atoms with Crippen LogP contribution in [0.15, 0.2) is 28.8 Å².